The Kier molecular flexibility index (Phi) is 6.81. The van der Waals surface area contributed by atoms with Crippen LogP contribution in [0.5, 0.6) is 0 Å². The second kappa shape index (κ2) is 11.0. The smallest absolute Gasteiger partial charge is 0.166 e. The van der Waals surface area contributed by atoms with Gasteiger partial charge >= 0.3 is 12.4 Å². The van der Waals surface area contributed by atoms with E-state index in [1.165, 1.54) is 12.1 Å². The molecule has 0 atom stereocenters. The molecular weight excluding hydrogens is 618 g/mol. The Morgan fingerprint density at radius 1 is 0.292 bits per heavy atom. The van der Waals surface area contributed by atoms with Crippen molar-refractivity contribution < 1.29 is 26.3 Å². The second-order valence-corrected chi connectivity index (χ2v) is 12.0. The zero-order valence-electron chi connectivity index (χ0n) is 25.1. The summed E-state index contributed by atoms with van der Waals surface area (Å²) in [5, 5.41) is 5.39. The van der Waals surface area contributed by atoms with E-state index in [1.54, 1.807) is 6.07 Å². The quantitative estimate of drug-likeness (QED) is 0.133. The van der Waals surface area contributed by atoms with E-state index in [0.717, 1.165) is 56.9 Å². The van der Waals surface area contributed by atoms with Crippen LogP contribution >= 0.6 is 0 Å². The summed E-state index contributed by atoms with van der Waals surface area (Å²) in [5.41, 5.74) is 2.27. The summed E-state index contributed by atoms with van der Waals surface area (Å²) in [6, 6.07) is 41.8. The van der Waals surface area contributed by atoms with Crippen molar-refractivity contribution in [1.82, 2.24) is 0 Å². The van der Waals surface area contributed by atoms with Crippen molar-refractivity contribution in [2.75, 3.05) is 0 Å². The highest BCUT2D eigenvalue weighted by Gasteiger charge is 2.33. The lowest BCUT2D eigenvalue weighted by Gasteiger charge is -2.20. The highest BCUT2D eigenvalue weighted by molar-refractivity contribution is 6.22. The molecule has 8 aromatic carbocycles. The Balaban J connectivity index is 1.42. The fourth-order valence-corrected chi connectivity index (χ4v) is 6.75. The van der Waals surface area contributed by atoms with Gasteiger partial charge in [-0.05, 0) is 113 Å². The topological polar surface area (TPSA) is 0 Å². The monoisotopic (exact) mass is 642 g/mol. The molecule has 8 rings (SSSR count). The summed E-state index contributed by atoms with van der Waals surface area (Å²) >= 11 is 0. The van der Waals surface area contributed by atoms with Crippen molar-refractivity contribution in [2.45, 2.75) is 12.4 Å². The van der Waals surface area contributed by atoms with Crippen molar-refractivity contribution in [1.29, 1.82) is 0 Å². The molecule has 0 heterocycles. The maximum atomic E-state index is 14.2. The number of alkyl halides is 6. The van der Waals surface area contributed by atoms with Crippen molar-refractivity contribution in [3.63, 3.8) is 0 Å². The fraction of sp³-hybridized carbons (Fsp3) is 0.0476. The van der Waals surface area contributed by atoms with Gasteiger partial charge in [0.05, 0.1) is 11.1 Å². The average Bonchev–Trinajstić information content (AvgIpc) is 3.09. The van der Waals surface area contributed by atoms with Gasteiger partial charge in [0.25, 0.3) is 0 Å². The Hall–Kier alpha value is -5.62. The maximum Gasteiger partial charge on any atom is 0.416 e. The summed E-state index contributed by atoms with van der Waals surface area (Å²) in [6.45, 7) is 0. The zero-order valence-corrected chi connectivity index (χ0v) is 25.1. The van der Waals surface area contributed by atoms with Gasteiger partial charge in [-0.3, -0.25) is 0 Å². The van der Waals surface area contributed by atoms with Gasteiger partial charge in [0, 0.05) is 0 Å². The van der Waals surface area contributed by atoms with Crippen LogP contribution in [0.1, 0.15) is 11.1 Å². The molecule has 0 aliphatic rings. The van der Waals surface area contributed by atoms with Gasteiger partial charge < -0.3 is 0 Å². The first-order chi connectivity index (χ1) is 23.0. The molecule has 0 aliphatic carbocycles. The van der Waals surface area contributed by atoms with Gasteiger partial charge in [0.1, 0.15) is 0 Å². The first kappa shape index (κ1) is 29.8. The number of benzene rings is 8. The van der Waals surface area contributed by atoms with Crippen LogP contribution < -0.4 is 0 Å². The predicted octanol–water partition coefficient (Wildman–Crippen LogP) is 13.3. The van der Waals surface area contributed by atoms with Crippen LogP contribution in [0.4, 0.5) is 26.3 Å². The SMILES string of the molecule is FC(F)(F)c1ccc2c(-c3ccc(-c4ccc5ccccc5c4)cc3)c3ccc(C(F)(F)F)cc3c(-c3ccc4ccccc4c3)c2c1. The van der Waals surface area contributed by atoms with E-state index in [9.17, 15) is 26.3 Å². The van der Waals surface area contributed by atoms with Crippen LogP contribution in [0.2, 0.25) is 0 Å². The summed E-state index contributed by atoms with van der Waals surface area (Å²) in [5.74, 6) is 0. The molecule has 6 heteroatoms. The minimum atomic E-state index is -4.65. The van der Waals surface area contributed by atoms with Gasteiger partial charge in [-0.1, -0.05) is 109 Å². The summed E-state index contributed by atoms with van der Waals surface area (Å²) in [7, 11) is 0. The maximum absolute atomic E-state index is 14.2. The standard InChI is InChI=1S/C42H24F6/c43-41(44,45)33-17-19-35-37(23-33)40(32-16-12-26-6-2-4-8-30(26)22-32)38-24-34(42(46,47)48)18-20-36(38)39(35)28-13-9-27(10-14-28)31-15-11-25-5-1-3-7-29(25)21-31/h1-24H. The molecule has 0 saturated carbocycles. The average molecular weight is 643 g/mol. The van der Waals surface area contributed by atoms with E-state index in [2.05, 4.69) is 6.07 Å². The van der Waals surface area contributed by atoms with Gasteiger partial charge in [-0.25, -0.2) is 0 Å². The molecule has 0 radical (unpaired) electrons. The minimum Gasteiger partial charge on any atom is -0.166 e. The lowest BCUT2D eigenvalue weighted by atomic mass is 9.84. The van der Waals surface area contributed by atoms with E-state index >= 15 is 0 Å². The Morgan fingerprint density at radius 3 is 1.19 bits per heavy atom. The molecule has 234 valence electrons. The molecule has 0 saturated heterocycles. The molecule has 0 aromatic heterocycles. The third-order valence-electron chi connectivity index (χ3n) is 9.07. The van der Waals surface area contributed by atoms with Gasteiger partial charge in [0.15, 0.2) is 0 Å². The lowest BCUT2D eigenvalue weighted by Crippen LogP contribution is -2.06. The Morgan fingerprint density at radius 2 is 0.688 bits per heavy atom. The van der Waals surface area contributed by atoms with E-state index in [0.29, 0.717) is 33.0 Å². The van der Waals surface area contributed by atoms with Crippen molar-refractivity contribution in [2.24, 2.45) is 0 Å². The van der Waals surface area contributed by atoms with Crippen molar-refractivity contribution >= 4 is 43.1 Å². The lowest BCUT2D eigenvalue weighted by molar-refractivity contribution is -0.138. The molecule has 0 fully saturated rings. The first-order valence-electron chi connectivity index (χ1n) is 15.3. The van der Waals surface area contributed by atoms with Crippen LogP contribution in [0, 0.1) is 0 Å². The van der Waals surface area contributed by atoms with E-state index < -0.39 is 23.5 Å². The third-order valence-corrected chi connectivity index (χ3v) is 9.07. The van der Waals surface area contributed by atoms with E-state index in [1.807, 2.05) is 97.1 Å². The van der Waals surface area contributed by atoms with Crippen LogP contribution in [0.25, 0.3) is 76.5 Å². The summed E-state index contributed by atoms with van der Waals surface area (Å²) in [6.07, 6.45) is -9.31. The minimum absolute atomic E-state index is 0.223. The number of hydrogen-bond donors (Lipinski definition) is 0. The van der Waals surface area contributed by atoms with Gasteiger partial charge in [0.2, 0.25) is 0 Å². The number of fused-ring (bicyclic) bond motifs is 4. The molecular formula is C42H24F6. The first-order valence-corrected chi connectivity index (χ1v) is 15.3. The molecule has 0 unspecified atom stereocenters. The second-order valence-electron chi connectivity index (χ2n) is 12.0. The normalized spacial score (nSPS) is 12.4. The van der Waals surface area contributed by atoms with Gasteiger partial charge in [-0.2, -0.15) is 26.3 Å². The summed E-state index contributed by atoms with van der Waals surface area (Å²) < 4.78 is 85.0. The molecule has 0 spiro atoms. The van der Waals surface area contributed by atoms with E-state index in [4.69, 9.17) is 0 Å². The van der Waals surface area contributed by atoms with Crippen LogP contribution in [0.3, 0.4) is 0 Å². The fourth-order valence-electron chi connectivity index (χ4n) is 6.75. The van der Waals surface area contributed by atoms with Crippen molar-refractivity contribution in [3.05, 3.63) is 157 Å². The summed E-state index contributed by atoms with van der Waals surface area (Å²) in [4.78, 5) is 0. The number of hydrogen-bond acceptors (Lipinski definition) is 0. The van der Waals surface area contributed by atoms with E-state index in [-0.39, 0.29) is 10.8 Å². The molecule has 0 N–H and O–H groups in total. The predicted molar refractivity (Wildman–Crippen MR) is 183 cm³/mol. The van der Waals surface area contributed by atoms with Crippen LogP contribution in [-0.2, 0) is 12.4 Å². The highest BCUT2D eigenvalue weighted by Crippen LogP contribution is 2.47. The Bertz CT molecular complexity index is 2450. The highest BCUT2D eigenvalue weighted by atomic mass is 19.4. The van der Waals surface area contributed by atoms with Crippen LogP contribution in [0.15, 0.2) is 146 Å². The Labute approximate surface area is 271 Å². The largest absolute Gasteiger partial charge is 0.416 e. The van der Waals surface area contributed by atoms with Crippen LogP contribution in [-0.4, -0.2) is 0 Å². The van der Waals surface area contributed by atoms with Gasteiger partial charge in [-0.15, -0.1) is 0 Å². The molecule has 0 aliphatic heterocycles. The molecule has 0 amide bonds. The molecule has 8 aromatic rings. The van der Waals surface area contributed by atoms with Crippen molar-refractivity contribution in [3.8, 4) is 33.4 Å². The molecule has 0 bridgehead atoms. The third kappa shape index (κ3) is 5.14. The molecule has 0 nitrogen and oxygen atoms in total. The zero-order chi connectivity index (χ0) is 33.2. The number of halogens is 6. The number of rotatable bonds is 3. The molecule has 48 heavy (non-hydrogen) atoms.